The highest BCUT2D eigenvalue weighted by Gasteiger charge is 2.42. The molecule has 1 fully saturated rings. The van der Waals surface area contributed by atoms with E-state index in [2.05, 4.69) is 24.0 Å². The molecule has 3 aromatic rings. The van der Waals surface area contributed by atoms with E-state index in [1.54, 1.807) is 12.3 Å². The molecule has 1 aromatic heterocycles. The van der Waals surface area contributed by atoms with Crippen molar-refractivity contribution in [2.45, 2.75) is 44.8 Å². The molecule has 1 amide bonds. The zero-order valence-electron chi connectivity index (χ0n) is 18.0. The molecule has 0 spiro atoms. The van der Waals surface area contributed by atoms with Crippen molar-refractivity contribution >= 4 is 6.09 Å². The van der Waals surface area contributed by atoms with E-state index in [1.165, 1.54) is 6.07 Å². The molecule has 5 nitrogen and oxygen atoms in total. The second-order valence-electron chi connectivity index (χ2n) is 8.16. The van der Waals surface area contributed by atoms with Crippen molar-refractivity contribution in [1.82, 2.24) is 9.88 Å². The van der Waals surface area contributed by atoms with Gasteiger partial charge in [-0.2, -0.15) is 0 Å². The minimum absolute atomic E-state index is 0.0902. The summed E-state index contributed by atoms with van der Waals surface area (Å²) in [6.45, 7) is 4.81. The highest BCUT2D eigenvalue weighted by Crippen LogP contribution is 2.40. The van der Waals surface area contributed by atoms with Gasteiger partial charge in [0.25, 0.3) is 0 Å². The summed E-state index contributed by atoms with van der Waals surface area (Å²) in [5.41, 5.74) is 3.42. The molecule has 0 aliphatic carbocycles. The predicted octanol–water partition coefficient (Wildman–Crippen LogP) is 5.64. The molecule has 2 heterocycles. The van der Waals surface area contributed by atoms with Gasteiger partial charge in [-0.3, -0.25) is 4.79 Å². The van der Waals surface area contributed by atoms with Crippen LogP contribution in [0.25, 0.3) is 11.1 Å². The van der Waals surface area contributed by atoms with Crippen LogP contribution in [-0.2, 0) is 10.3 Å². The number of rotatable bonds is 6. The highest BCUT2D eigenvalue weighted by molar-refractivity contribution is 5.70. The van der Waals surface area contributed by atoms with Crippen molar-refractivity contribution in [1.29, 1.82) is 0 Å². The largest absolute Gasteiger partial charge is 0.438 e. The SMILES string of the molecule is CCCC1(c2ccccc2)CCN(C(C)c2ccc(-c3ccc(=O)[nH]c3)cc2)C(=O)O1. The Morgan fingerprint density at radius 1 is 1.00 bits per heavy atom. The monoisotopic (exact) mass is 416 g/mol. The van der Waals surface area contributed by atoms with E-state index in [4.69, 9.17) is 4.74 Å². The Kier molecular flexibility index (Phi) is 5.94. The standard InChI is InChI=1S/C26H28N2O3/c1-3-15-26(23-7-5-4-6-8-23)16-17-28(25(30)31-26)19(2)20-9-11-21(12-10-20)22-13-14-24(29)27-18-22/h4-14,18-19H,3,15-17H2,1-2H3,(H,27,29). The molecular formula is C26H28N2O3. The quantitative estimate of drug-likeness (QED) is 0.565. The second-order valence-corrected chi connectivity index (χ2v) is 8.16. The van der Waals surface area contributed by atoms with Crippen molar-refractivity contribution in [3.05, 3.63) is 94.4 Å². The van der Waals surface area contributed by atoms with Gasteiger partial charge in [0.2, 0.25) is 5.56 Å². The van der Waals surface area contributed by atoms with Crippen molar-refractivity contribution in [2.24, 2.45) is 0 Å². The first-order valence-electron chi connectivity index (χ1n) is 10.9. The molecule has 1 saturated heterocycles. The van der Waals surface area contributed by atoms with Gasteiger partial charge in [-0.15, -0.1) is 0 Å². The Bertz CT molecular complexity index is 1070. The zero-order chi connectivity index (χ0) is 21.8. The van der Waals surface area contributed by atoms with Gasteiger partial charge < -0.3 is 14.6 Å². The van der Waals surface area contributed by atoms with Crippen LogP contribution in [0.4, 0.5) is 4.79 Å². The number of aromatic nitrogens is 1. The van der Waals surface area contributed by atoms with Gasteiger partial charge in [0.1, 0.15) is 5.60 Å². The summed E-state index contributed by atoms with van der Waals surface area (Å²) in [5.74, 6) is 0. The summed E-state index contributed by atoms with van der Waals surface area (Å²) in [6.07, 6.45) is 3.99. The molecule has 31 heavy (non-hydrogen) atoms. The maximum absolute atomic E-state index is 13.1. The summed E-state index contributed by atoms with van der Waals surface area (Å²) < 4.78 is 6.11. The number of carbonyl (C=O) groups excluding carboxylic acids is 1. The topological polar surface area (TPSA) is 62.4 Å². The van der Waals surface area contributed by atoms with Crippen LogP contribution >= 0.6 is 0 Å². The number of hydrogen-bond donors (Lipinski definition) is 1. The fourth-order valence-electron chi connectivity index (χ4n) is 4.41. The number of H-pyrrole nitrogens is 1. The normalized spacial score (nSPS) is 19.7. The average Bonchev–Trinajstić information content (AvgIpc) is 2.80. The second kappa shape index (κ2) is 8.80. The Balaban J connectivity index is 1.51. The van der Waals surface area contributed by atoms with Crippen molar-refractivity contribution in [3.63, 3.8) is 0 Å². The first-order valence-corrected chi connectivity index (χ1v) is 10.9. The van der Waals surface area contributed by atoms with Gasteiger partial charge >= 0.3 is 6.09 Å². The van der Waals surface area contributed by atoms with Crippen LogP contribution in [0.5, 0.6) is 0 Å². The maximum atomic E-state index is 13.1. The van der Waals surface area contributed by atoms with E-state index in [9.17, 15) is 9.59 Å². The molecule has 0 radical (unpaired) electrons. The van der Waals surface area contributed by atoms with Crippen LogP contribution in [0.15, 0.2) is 77.7 Å². The zero-order valence-corrected chi connectivity index (χ0v) is 18.0. The molecule has 1 aliphatic rings. The van der Waals surface area contributed by atoms with Gasteiger partial charge in [-0.1, -0.05) is 67.9 Å². The van der Waals surface area contributed by atoms with E-state index in [0.29, 0.717) is 6.54 Å². The highest BCUT2D eigenvalue weighted by atomic mass is 16.6. The van der Waals surface area contributed by atoms with Crippen LogP contribution in [0.2, 0.25) is 0 Å². The van der Waals surface area contributed by atoms with Crippen LogP contribution in [0.3, 0.4) is 0 Å². The van der Waals surface area contributed by atoms with Crippen LogP contribution in [0.1, 0.15) is 50.3 Å². The molecule has 4 rings (SSSR count). The van der Waals surface area contributed by atoms with Gasteiger partial charge in [-0.25, -0.2) is 4.79 Å². The molecular weight excluding hydrogens is 388 g/mol. The lowest BCUT2D eigenvalue weighted by molar-refractivity contribution is -0.0658. The number of cyclic esters (lactones) is 1. The fourth-order valence-corrected chi connectivity index (χ4v) is 4.41. The molecule has 2 aromatic carbocycles. The molecule has 5 heteroatoms. The predicted molar refractivity (Wildman–Crippen MR) is 122 cm³/mol. The first kappa shape index (κ1) is 20.9. The van der Waals surface area contributed by atoms with E-state index in [1.807, 2.05) is 54.3 Å². The lowest BCUT2D eigenvalue weighted by atomic mass is 9.84. The van der Waals surface area contributed by atoms with Crippen LogP contribution in [-0.4, -0.2) is 22.5 Å². The van der Waals surface area contributed by atoms with E-state index in [-0.39, 0.29) is 17.7 Å². The van der Waals surface area contributed by atoms with Gasteiger partial charge in [0, 0.05) is 25.2 Å². The van der Waals surface area contributed by atoms with Gasteiger partial charge in [-0.05, 0) is 41.7 Å². The van der Waals surface area contributed by atoms with E-state index < -0.39 is 5.60 Å². The minimum atomic E-state index is -0.544. The molecule has 0 saturated carbocycles. The fraction of sp³-hybridized carbons (Fsp3) is 0.308. The molecule has 0 bridgehead atoms. The number of hydrogen-bond acceptors (Lipinski definition) is 3. The molecule has 1 N–H and O–H groups in total. The summed E-state index contributed by atoms with van der Waals surface area (Å²) in [7, 11) is 0. The average molecular weight is 417 g/mol. The number of carbonyl (C=O) groups is 1. The molecule has 2 unspecified atom stereocenters. The van der Waals surface area contributed by atoms with E-state index >= 15 is 0 Å². The number of nitrogens with zero attached hydrogens (tertiary/aromatic N) is 1. The number of nitrogens with one attached hydrogen (secondary N) is 1. The van der Waals surface area contributed by atoms with Crippen molar-refractivity contribution < 1.29 is 9.53 Å². The van der Waals surface area contributed by atoms with Crippen LogP contribution < -0.4 is 5.56 Å². The van der Waals surface area contributed by atoms with Gasteiger partial charge in [0.05, 0.1) is 6.04 Å². The smallest absolute Gasteiger partial charge is 0.411 e. The van der Waals surface area contributed by atoms with Crippen LogP contribution in [0, 0.1) is 0 Å². The lowest BCUT2D eigenvalue weighted by Gasteiger charge is -2.43. The Morgan fingerprint density at radius 3 is 2.32 bits per heavy atom. The number of aromatic amines is 1. The number of ether oxygens (including phenoxy) is 1. The molecule has 160 valence electrons. The van der Waals surface area contributed by atoms with Crippen molar-refractivity contribution in [2.75, 3.05) is 6.54 Å². The summed E-state index contributed by atoms with van der Waals surface area (Å²) in [5, 5.41) is 0. The lowest BCUT2D eigenvalue weighted by Crippen LogP contribution is -2.48. The number of pyridine rings is 1. The van der Waals surface area contributed by atoms with E-state index in [0.717, 1.165) is 41.5 Å². The van der Waals surface area contributed by atoms with Gasteiger partial charge in [0.15, 0.2) is 0 Å². The summed E-state index contributed by atoms with van der Waals surface area (Å²) >= 11 is 0. The Morgan fingerprint density at radius 2 is 1.71 bits per heavy atom. The number of benzene rings is 2. The summed E-state index contributed by atoms with van der Waals surface area (Å²) in [4.78, 5) is 28.8. The van der Waals surface area contributed by atoms with Crippen molar-refractivity contribution in [3.8, 4) is 11.1 Å². The Hall–Kier alpha value is -3.34. The Labute approximate surface area is 182 Å². The third kappa shape index (κ3) is 4.26. The number of amides is 1. The maximum Gasteiger partial charge on any atom is 0.411 e. The minimum Gasteiger partial charge on any atom is -0.438 e. The third-order valence-electron chi connectivity index (χ3n) is 6.21. The first-order chi connectivity index (χ1) is 15.0. The third-order valence-corrected chi connectivity index (χ3v) is 6.21. The molecule has 1 aliphatic heterocycles. The summed E-state index contributed by atoms with van der Waals surface area (Å²) in [6, 6.07) is 21.4. The molecule has 2 atom stereocenters.